The highest BCUT2D eigenvalue weighted by molar-refractivity contribution is 5.94. The largest absolute Gasteiger partial charge is 0.508 e. The van der Waals surface area contributed by atoms with E-state index in [1.165, 1.54) is 12.1 Å². The van der Waals surface area contributed by atoms with Crippen LogP contribution in [0, 0.1) is 11.8 Å². The molecule has 1 rings (SSSR count). The van der Waals surface area contributed by atoms with E-state index < -0.39 is 66.2 Å². The van der Waals surface area contributed by atoms with Gasteiger partial charge in [-0.1, -0.05) is 39.8 Å². The third-order valence-electron chi connectivity index (χ3n) is 5.31. The van der Waals surface area contributed by atoms with Crippen LogP contribution >= 0.6 is 0 Å². The number of carbonyl (C=O) groups excluding carboxylic acids is 3. The van der Waals surface area contributed by atoms with Gasteiger partial charge in [0.15, 0.2) is 0 Å². The molecule has 12 heteroatoms. The van der Waals surface area contributed by atoms with E-state index in [1.54, 1.807) is 26.0 Å². The van der Waals surface area contributed by atoms with Gasteiger partial charge in [0.05, 0.1) is 12.5 Å². The van der Waals surface area contributed by atoms with Crippen LogP contribution in [0.15, 0.2) is 24.3 Å². The molecule has 0 saturated heterocycles. The van der Waals surface area contributed by atoms with Crippen LogP contribution in [-0.4, -0.2) is 69.1 Å². The van der Waals surface area contributed by atoms with Crippen molar-refractivity contribution in [2.24, 2.45) is 17.6 Å². The van der Waals surface area contributed by atoms with Crippen molar-refractivity contribution in [3.63, 3.8) is 0 Å². The lowest BCUT2D eigenvalue weighted by atomic mass is 9.99. The molecular weight excluding hydrogens is 472 g/mol. The van der Waals surface area contributed by atoms with Crippen molar-refractivity contribution < 1.29 is 39.3 Å². The second kappa shape index (κ2) is 14.0. The lowest BCUT2D eigenvalue weighted by Crippen LogP contribution is -2.58. The molecule has 0 saturated carbocycles. The number of amides is 3. The maximum atomic E-state index is 13.1. The van der Waals surface area contributed by atoms with Gasteiger partial charge in [0.25, 0.3) is 0 Å². The highest BCUT2D eigenvalue weighted by Crippen LogP contribution is 2.12. The first-order chi connectivity index (χ1) is 16.7. The Bertz CT molecular complexity index is 933. The molecule has 1 aromatic rings. The van der Waals surface area contributed by atoms with Crippen LogP contribution in [0.5, 0.6) is 5.75 Å². The number of aliphatic carboxylic acids is 2. The van der Waals surface area contributed by atoms with Gasteiger partial charge in [-0.2, -0.15) is 0 Å². The average Bonchev–Trinajstić information content (AvgIpc) is 2.76. The smallest absolute Gasteiger partial charge is 0.326 e. The fourth-order valence-corrected chi connectivity index (χ4v) is 3.39. The number of phenolic OH excluding ortho intramolecular Hbond substituents is 1. The molecule has 0 aliphatic carbocycles. The Hall–Kier alpha value is -3.67. The van der Waals surface area contributed by atoms with Crippen molar-refractivity contribution in [2.45, 2.75) is 71.1 Å². The zero-order valence-electron chi connectivity index (χ0n) is 20.9. The normalized spacial score (nSPS) is 14.4. The van der Waals surface area contributed by atoms with E-state index in [2.05, 4.69) is 16.0 Å². The summed E-state index contributed by atoms with van der Waals surface area (Å²) in [5.41, 5.74) is 6.73. The van der Waals surface area contributed by atoms with Crippen molar-refractivity contribution in [2.75, 3.05) is 0 Å². The third kappa shape index (κ3) is 10.3. The maximum Gasteiger partial charge on any atom is 0.326 e. The van der Waals surface area contributed by atoms with Crippen molar-refractivity contribution in [1.82, 2.24) is 16.0 Å². The standard InChI is InChI=1S/C24H36N4O8/c1-12(2)9-17(26-21(32)16(25)10-14-5-7-15(29)8-6-14)22(33)28-20(13(3)4)23(34)27-18(24(35)36)11-19(30)31/h5-8,12-13,16-18,20,29H,9-11,25H2,1-4H3,(H,26,32)(H,27,34)(H,28,33)(H,30,31)(H,35,36). The molecule has 0 radical (unpaired) electrons. The Morgan fingerprint density at radius 2 is 1.39 bits per heavy atom. The third-order valence-corrected chi connectivity index (χ3v) is 5.31. The summed E-state index contributed by atoms with van der Waals surface area (Å²) in [5, 5.41) is 34.8. The molecule has 12 nitrogen and oxygen atoms in total. The molecular formula is C24H36N4O8. The molecule has 1 aromatic carbocycles. The Balaban J connectivity index is 2.94. The number of carbonyl (C=O) groups is 5. The summed E-state index contributed by atoms with van der Waals surface area (Å²) in [6, 6.07) is 1.35. The van der Waals surface area contributed by atoms with E-state index in [0.717, 1.165) is 0 Å². The molecule has 0 bridgehead atoms. The van der Waals surface area contributed by atoms with Gasteiger partial charge in [0.2, 0.25) is 17.7 Å². The van der Waals surface area contributed by atoms with E-state index in [9.17, 15) is 34.2 Å². The number of rotatable bonds is 14. The first-order valence-corrected chi connectivity index (χ1v) is 11.6. The molecule has 8 N–H and O–H groups in total. The summed E-state index contributed by atoms with van der Waals surface area (Å²) in [6.07, 6.45) is -0.420. The first-order valence-electron chi connectivity index (χ1n) is 11.6. The number of nitrogens with one attached hydrogen (secondary N) is 3. The molecule has 0 heterocycles. The van der Waals surface area contributed by atoms with E-state index in [4.69, 9.17) is 10.8 Å². The average molecular weight is 509 g/mol. The number of aromatic hydroxyl groups is 1. The van der Waals surface area contributed by atoms with Crippen LogP contribution in [0.2, 0.25) is 0 Å². The van der Waals surface area contributed by atoms with Gasteiger partial charge in [0.1, 0.15) is 23.9 Å². The summed E-state index contributed by atoms with van der Waals surface area (Å²) in [5.74, 6) is -5.43. The number of nitrogens with two attached hydrogens (primary N) is 1. The van der Waals surface area contributed by atoms with Crippen LogP contribution in [0.4, 0.5) is 0 Å². The molecule has 3 amide bonds. The zero-order valence-corrected chi connectivity index (χ0v) is 20.9. The minimum Gasteiger partial charge on any atom is -0.508 e. The minimum atomic E-state index is -1.67. The summed E-state index contributed by atoms with van der Waals surface area (Å²) in [7, 11) is 0. The Morgan fingerprint density at radius 1 is 0.833 bits per heavy atom. The van der Waals surface area contributed by atoms with E-state index in [0.29, 0.717) is 5.56 Å². The lowest BCUT2D eigenvalue weighted by Gasteiger charge is -2.27. The van der Waals surface area contributed by atoms with E-state index in [1.807, 2.05) is 13.8 Å². The van der Waals surface area contributed by atoms with Crippen molar-refractivity contribution in [1.29, 1.82) is 0 Å². The SMILES string of the molecule is CC(C)CC(NC(=O)C(N)Cc1ccc(O)cc1)C(=O)NC(C(=O)NC(CC(=O)O)C(=O)O)C(C)C. The molecule has 0 aromatic heterocycles. The molecule has 0 spiro atoms. The van der Waals surface area contributed by atoms with Crippen molar-refractivity contribution >= 4 is 29.7 Å². The number of carboxylic acids is 2. The number of hydrogen-bond donors (Lipinski definition) is 7. The second-order valence-electron chi connectivity index (χ2n) is 9.40. The van der Waals surface area contributed by atoms with Gasteiger partial charge >= 0.3 is 11.9 Å². The Labute approximate surface area is 209 Å². The second-order valence-corrected chi connectivity index (χ2v) is 9.40. The van der Waals surface area contributed by atoms with Crippen LogP contribution in [0.3, 0.4) is 0 Å². The number of phenols is 1. The predicted octanol–water partition coefficient (Wildman–Crippen LogP) is -0.0222. The quantitative estimate of drug-likeness (QED) is 0.180. The summed E-state index contributed by atoms with van der Waals surface area (Å²) >= 11 is 0. The number of benzene rings is 1. The topological polar surface area (TPSA) is 208 Å². The van der Waals surface area contributed by atoms with Gasteiger partial charge in [-0.3, -0.25) is 19.2 Å². The first kappa shape index (κ1) is 30.4. The maximum absolute atomic E-state index is 13.1. The number of carboxylic acid groups (broad SMARTS) is 2. The highest BCUT2D eigenvalue weighted by Gasteiger charge is 2.32. The van der Waals surface area contributed by atoms with E-state index in [-0.39, 0.29) is 24.5 Å². The lowest BCUT2D eigenvalue weighted by molar-refractivity contribution is -0.147. The monoisotopic (exact) mass is 508 g/mol. The van der Waals surface area contributed by atoms with Crippen LogP contribution in [-0.2, 0) is 30.4 Å². The van der Waals surface area contributed by atoms with Gasteiger partial charge in [-0.05, 0) is 42.4 Å². The number of hydrogen-bond acceptors (Lipinski definition) is 7. The molecule has 200 valence electrons. The molecule has 4 atom stereocenters. The Kier molecular flexibility index (Phi) is 11.8. The van der Waals surface area contributed by atoms with Gasteiger partial charge < -0.3 is 37.0 Å². The van der Waals surface area contributed by atoms with Gasteiger partial charge in [-0.25, -0.2) is 4.79 Å². The highest BCUT2D eigenvalue weighted by atomic mass is 16.4. The van der Waals surface area contributed by atoms with Crippen LogP contribution in [0.25, 0.3) is 0 Å². The Morgan fingerprint density at radius 3 is 1.86 bits per heavy atom. The molecule has 0 fully saturated rings. The van der Waals surface area contributed by atoms with E-state index >= 15 is 0 Å². The molecule has 36 heavy (non-hydrogen) atoms. The summed E-state index contributed by atoms with van der Waals surface area (Å²) in [6.45, 7) is 6.94. The fourth-order valence-electron chi connectivity index (χ4n) is 3.39. The van der Waals surface area contributed by atoms with Gasteiger partial charge in [0, 0.05) is 0 Å². The summed E-state index contributed by atoms with van der Waals surface area (Å²) in [4.78, 5) is 60.7. The summed E-state index contributed by atoms with van der Waals surface area (Å²) < 4.78 is 0. The minimum absolute atomic E-state index is 0.00680. The van der Waals surface area contributed by atoms with Crippen molar-refractivity contribution in [3.05, 3.63) is 29.8 Å². The van der Waals surface area contributed by atoms with Crippen LogP contribution in [0.1, 0.15) is 46.1 Å². The van der Waals surface area contributed by atoms with Crippen LogP contribution < -0.4 is 21.7 Å². The molecule has 0 aliphatic rings. The zero-order chi connectivity index (χ0) is 27.6. The molecule has 0 aliphatic heterocycles. The molecule has 4 unspecified atom stereocenters. The van der Waals surface area contributed by atoms with Gasteiger partial charge in [-0.15, -0.1) is 0 Å². The predicted molar refractivity (Wildman–Crippen MR) is 130 cm³/mol. The fraction of sp³-hybridized carbons (Fsp3) is 0.542. The van der Waals surface area contributed by atoms with Crippen molar-refractivity contribution in [3.8, 4) is 5.75 Å².